The van der Waals surface area contributed by atoms with Crippen LogP contribution in [0.15, 0.2) is 33.9 Å². The number of oxazole rings is 1. The molecule has 0 spiro atoms. The molecule has 0 aliphatic rings. The van der Waals surface area contributed by atoms with Crippen molar-refractivity contribution < 1.29 is 42.4 Å². The van der Waals surface area contributed by atoms with Crippen molar-refractivity contribution in [2.24, 2.45) is 0 Å². The van der Waals surface area contributed by atoms with E-state index in [1.165, 1.54) is 7.11 Å². The van der Waals surface area contributed by atoms with Gasteiger partial charge in [0.05, 0.1) is 20.0 Å². The Morgan fingerprint density at radius 2 is 1.95 bits per heavy atom. The topological polar surface area (TPSA) is 78.6 Å². The molecule has 102 valence electrons. The molecule has 0 radical (unpaired) electrons. The summed E-state index contributed by atoms with van der Waals surface area (Å²) >= 11 is 0.734. The maximum absolute atomic E-state index is 11.3. The second-order valence-electron chi connectivity index (χ2n) is 3.56. The van der Waals surface area contributed by atoms with Crippen LogP contribution in [0.4, 0.5) is 0 Å². The van der Waals surface area contributed by atoms with Gasteiger partial charge in [0, 0.05) is 19.5 Å². The molecule has 2 aromatic rings. The Labute approximate surface area is 132 Å². The summed E-state index contributed by atoms with van der Waals surface area (Å²) < 4.78 is 14.6. The summed E-state index contributed by atoms with van der Waals surface area (Å²) in [5, 5.41) is 0.243. The molecule has 0 bridgehead atoms. The predicted molar refractivity (Wildman–Crippen MR) is 67.2 cm³/mol. The molecule has 1 heterocycles. The van der Waals surface area contributed by atoms with Gasteiger partial charge >= 0.3 is 11.9 Å². The number of hydrogen-bond donors (Lipinski definition) is 0. The first-order valence-electron chi connectivity index (χ1n) is 5.49. The van der Waals surface area contributed by atoms with E-state index in [0.29, 0.717) is 11.1 Å². The van der Waals surface area contributed by atoms with Gasteiger partial charge in [-0.25, -0.2) is 4.98 Å². The number of para-hydroxylation sites is 2. The zero-order valence-corrected chi connectivity index (χ0v) is 14.6. The largest absolute Gasteiger partial charge is 0.469 e. The molecule has 1 aromatic carbocycles. The van der Waals surface area contributed by atoms with E-state index in [0.717, 1.165) is 12.0 Å². The molecule has 0 unspecified atom stereocenters. The van der Waals surface area contributed by atoms with E-state index in [1.807, 2.05) is 12.1 Å². The van der Waals surface area contributed by atoms with Crippen molar-refractivity contribution in [1.82, 2.24) is 4.98 Å². The number of aromatic nitrogens is 1. The van der Waals surface area contributed by atoms with Crippen LogP contribution >= 0.6 is 12.0 Å². The van der Waals surface area contributed by atoms with Crippen LogP contribution < -0.4 is 0 Å². The predicted octanol–water partition coefficient (Wildman–Crippen LogP) is 2.33. The van der Waals surface area contributed by atoms with Gasteiger partial charge in [0.1, 0.15) is 5.52 Å². The Morgan fingerprint density at radius 1 is 1.25 bits per heavy atom. The average molecular weight is 347 g/mol. The molecule has 0 N–H and O–H groups in total. The minimum atomic E-state index is -0.530. The fourth-order valence-corrected chi connectivity index (χ4v) is 1.82. The number of rotatable bonds is 5. The third-order valence-corrected chi connectivity index (χ3v) is 2.83. The van der Waals surface area contributed by atoms with Gasteiger partial charge in [-0.2, -0.15) is 0 Å². The molecule has 0 saturated heterocycles. The average Bonchev–Trinajstić information content (AvgIpc) is 2.85. The molecule has 0 saturated carbocycles. The van der Waals surface area contributed by atoms with Gasteiger partial charge in [-0.15, -0.1) is 0 Å². The van der Waals surface area contributed by atoms with Crippen molar-refractivity contribution in [3.05, 3.63) is 24.3 Å². The molecule has 0 atom stereocenters. The Bertz CT molecular complexity index is 567. The SMILES string of the molecule is COC(=O)CCC(=O)OSc1nc2ccccc2o1.[Zn]. The van der Waals surface area contributed by atoms with Crippen LogP contribution in [0, 0.1) is 0 Å². The number of nitrogens with zero attached hydrogens (tertiary/aromatic N) is 1. The van der Waals surface area contributed by atoms with Crippen LogP contribution in [0.3, 0.4) is 0 Å². The van der Waals surface area contributed by atoms with Crippen molar-refractivity contribution >= 4 is 35.1 Å². The molecule has 6 nitrogen and oxygen atoms in total. The molecule has 8 heteroatoms. The second kappa shape index (κ2) is 8.02. The summed E-state index contributed by atoms with van der Waals surface area (Å²) in [5.41, 5.74) is 1.31. The minimum Gasteiger partial charge on any atom is -0.469 e. The van der Waals surface area contributed by atoms with Gasteiger partial charge in [0.2, 0.25) is 0 Å². The summed E-state index contributed by atoms with van der Waals surface area (Å²) in [5.74, 6) is -0.985. The van der Waals surface area contributed by atoms with E-state index in [1.54, 1.807) is 12.1 Å². The van der Waals surface area contributed by atoms with Crippen molar-refractivity contribution in [3.8, 4) is 0 Å². The maximum atomic E-state index is 11.3. The third-order valence-electron chi connectivity index (χ3n) is 2.24. The molecule has 0 aliphatic carbocycles. The van der Waals surface area contributed by atoms with E-state index in [4.69, 9.17) is 8.60 Å². The van der Waals surface area contributed by atoms with Gasteiger partial charge in [-0.3, -0.25) is 9.59 Å². The van der Waals surface area contributed by atoms with E-state index in [9.17, 15) is 9.59 Å². The fourth-order valence-electron chi connectivity index (χ4n) is 1.32. The van der Waals surface area contributed by atoms with E-state index in [-0.39, 0.29) is 37.5 Å². The number of esters is 1. The number of hydrogen-bond acceptors (Lipinski definition) is 7. The van der Waals surface area contributed by atoms with Crippen LogP contribution in [0.2, 0.25) is 0 Å². The number of carbonyl (C=O) groups excluding carboxylic acids is 2. The molecule has 0 fully saturated rings. The summed E-state index contributed by atoms with van der Waals surface area (Å²) in [7, 11) is 1.26. The van der Waals surface area contributed by atoms with Crippen molar-refractivity contribution in [1.29, 1.82) is 0 Å². The van der Waals surface area contributed by atoms with Gasteiger partial charge in [-0.05, 0) is 12.1 Å². The summed E-state index contributed by atoms with van der Waals surface area (Å²) in [6.07, 6.45) is -0.0522. The normalized spacial score (nSPS) is 9.85. The minimum absolute atomic E-state index is 0. The Kier molecular flexibility index (Phi) is 6.68. The molecule has 0 amide bonds. The monoisotopic (exact) mass is 345 g/mol. The second-order valence-corrected chi connectivity index (χ2v) is 4.24. The van der Waals surface area contributed by atoms with Crippen LogP contribution in [0.5, 0.6) is 0 Å². The van der Waals surface area contributed by atoms with Crippen LogP contribution in [0.1, 0.15) is 12.8 Å². The molecular formula is C12H11NO5SZn. The van der Waals surface area contributed by atoms with Crippen molar-refractivity contribution in [3.63, 3.8) is 0 Å². The molecule has 20 heavy (non-hydrogen) atoms. The molecular weight excluding hydrogens is 336 g/mol. The Morgan fingerprint density at radius 3 is 2.65 bits per heavy atom. The van der Waals surface area contributed by atoms with Crippen LogP contribution in [0.25, 0.3) is 11.1 Å². The van der Waals surface area contributed by atoms with E-state index < -0.39 is 11.9 Å². The van der Waals surface area contributed by atoms with Gasteiger partial charge in [-0.1, -0.05) is 12.1 Å². The smallest absolute Gasteiger partial charge is 0.318 e. The third kappa shape index (κ3) is 4.61. The van der Waals surface area contributed by atoms with E-state index in [2.05, 4.69) is 9.72 Å². The summed E-state index contributed by atoms with van der Waals surface area (Å²) in [4.78, 5) is 26.3. The number of ether oxygens (including phenoxy) is 1. The maximum Gasteiger partial charge on any atom is 0.318 e. The number of fused-ring (bicyclic) bond motifs is 1. The molecule has 0 aliphatic heterocycles. The first kappa shape index (κ1) is 16.7. The zero-order chi connectivity index (χ0) is 13.7. The van der Waals surface area contributed by atoms with Gasteiger partial charge in [0.25, 0.3) is 5.22 Å². The van der Waals surface area contributed by atoms with Gasteiger partial charge in [0.15, 0.2) is 17.6 Å². The van der Waals surface area contributed by atoms with Crippen molar-refractivity contribution in [2.75, 3.05) is 7.11 Å². The summed E-state index contributed by atoms with van der Waals surface area (Å²) in [6.45, 7) is 0. The van der Waals surface area contributed by atoms with E-state index >= 15 is 0 Å². The number of methoxy groups -OCH3 is 1. The first-order valence-corrected chi connectivity index (χ1v) is 6.23. The number of benzene rings is 1. The van der Waals surface area contributed by atoms with Crippen LogP contribution in [-0.4, -0.2) is 24.0 Å². The number of carbonyl (C=O) groups is 2. The Balaban J connectivity index is 0.00000200. The summed E-state index contributed by atoms with van der Waals surface area (Å²) in [6, 6.07) is 7.22. The zero-order valence-electron chi connectivity index (χ0n) is 10.8. The molecule has 2 rings (SSSR count). The fraction of sp³-hybridized carbons (Fsp3) is 0.250. The molecule has 1 aromatic heterocycles. The Hall–Kier alpha value is -1.40. The van der Waals surface area contributed by atoms with Crippen LogP contribution in [-0.2, 0) is 38.0 Å². The van der Waals surface area contributed by atoms with Gasteiger partial charge < -0.3 is 13.3 Å². The van der Waals surface area contributed by atoms with Crippen molar-refractivity contribution in [2.45, 2.75) is 18.1 Å². The first-order chi connectivity index (χ1) is 9.19. The standard InChI is InChI=1S/C12H11NO5S.Zn/c1-16-10(14)6-7-11(15)18-19-12-13-8-4-2-3-5-9(8)17-12;/h2-5H,6-7H2,1H3;. The quantitative estimate of drug-likeness (QED) is 0.467.